The standard InChI is InChI=1S/C14H29NO/c1-4-6-9-13(5-2)11-14(16)12(3)8-7-10-15/h12-13H,4-11,15H2,1-3H3. The van der Waals surface area contributed by atoms with E-state index in [-0.39, 0.29) is 5.92 Å². The molecule has 0 bridgehead atoms. The quantitative estimate of drug-likeness (QED) is 0.620. The van der Waals surface area contributed by atoms with Crippen LogP contribution >= 0.6 is 0 Å². The summed E-state index contributed by atoms with van der Waals surface area (Å²) in [6.07, 6.45) is 7.54. The monoisotopic (exact) mass is 227 g/mol. The van der Waals surface area contributed by atoms with Gasteiger partial charge in [0.05, 0.1) is 0 Å². The Morgan fingerprint density at radius 3 is 2.38 bits per heavy atom. The second-order valence-corrected chi connectivity index (χ2v) is 4.92. The molecule has 16 heavy (non-hydrogen) atoms. The third-order valence-electron chi connectivity index (χ3n) is 3.42. The van der Waals surface area contributed by atoms with Gasteiger partial charge in [-0.3, -0.25) is 4.79 Å². The summed E-state index contributed by atoms with van der Waals surface area (Å²) in [4.78, 5) is 11.9. The van der Waals surface area contributed by atoms with Crippen LogP contribution in [0.1, 0.15) is 65.7 Å². The summed E-state index contributed by atoms with van der Waals surface area (Å²) in [6.45, 7) is 7.14. The first-order valence-electron chi connectivity index (χ1n) is 6.88. The number of ketones is 1. The lowest BCUT2D eigenvalue weighted by Gasteiger charge is -2.16. The van der Waals surface area contributed by atoms with Crippen molar-refractivity contribution in [1.82, 2.24) is 0 Å². The molecule has 0 aliphatic carbocycles. The molecular formula is C14H29NO. The lowest BCUT2D eigenvalue weighted by atomic mass is 9.88. The Bertz CT molecular complexity index is 180. The van der Waals surface area contributed by atoms with Crippen LogP contribution in [0.25, 0.3) is 0 Å². The van der Waals surface area contributed by atoms with Crippen molar-refractivity contribution in [2.75, 3.05) is 6.54 Å². The summed E-state index contributed by atoms with van der Waals surface area (Å²) < 4.78 is 0. The second-order valence-electron chi connectivity index (χ2n) is 4.92. The second kappa shape index (κ2) is 9.83. The van der Waals surface area contributed by atoms with Crippen LogP contribution < -0.4 is 5.73 Å². The molecule has 0 heterocycles. The molecule has 0 rings (SSSR count). The Labute approximate surface area is 101 Å². The molecule has 0 aromatic heterocycles. The van der Waals surface area contributed by atoms with E-state index in [2.05, 4.69) is 13.8 Å². The molecule has 0 fully saturated rings. The van der Waals surface area contributed by atoms with Crippen LogP contribution in [0.15, 0.2) is 0 Å². The minimum Gasteiger partial charge on any atom is -0.330 e. The first kappa shape index (κ1) is 15.6. The van der Waals surface area contributed by atoms with E-state index in [1.165, 1.54) is 19.3 Å². The van der Waals surface area contributed by atoms with Gasteiger partial charge in [-0.05, 0) is 25.3 Å². The zero-order valence-corrected chi connectivity index (χ0v) is 11.3. The first-order chi connectivity index (χ1) is 7.65. The van der Waals surface area contributed by atoms with Gasteiger partial charge in [0.1, 0.15) is 5.78 Å². The summed E-state index contributed by atoms with van der Waals surface area (Å²) in [5.41, 5.74) is 5.46. The fourth-order valence-electron chi connectivity index (χ4n) is 2.01. The highest BCUT2D eigenvalue weighted by molar-refractivity contribution is 5.80. The number of Topliss-reactive ketones (excluding diaryl/α,β-unsaturated/α-hetero) is 1. The van der Waals surface area contributed by atoms with Gasteiger partial charge in [-0.25, -0.2) is 0 Å². The molecule has 0 radical (unpaired) electrons. The van der Waals surface area contributed by atoms with Gasteiger partial charge in [0.25, 0.3) is 0 Å². The lowest BCUT2D eigenvalue weighted by molar-refractivity contribution is -0.123. The van der Waals surface area contributed by atoms with Crippen molar-refractivity contribution >= 4 is 5.78 Å². The van der Waals surface area contributed by atoms with Crippen LogP contribution in [0.3, 0.4) is 0 Å². The normalized spacial score (nSPS) is 14.8. The Kier molecular flexibility index (Phi) is 9.60. The average Bonchev–Trinajstić information content (AvgIpc) is 2.30. The molecule has 2 unspecified atom stereocenters. The summed E-state index contributed by atoms with van der Waals surface area (Å²) in [6, 6.07) is 0. The summed E-state index contributed by atoms with van der Waals surface area (Å²) >= 11 is 0. The van der Waals surface area contributed by atoms with Gasteiger partial charge in [0, 0.05) is 12.3 Å². The van der Waals surface area contributed by atoms with Gasteiger partial charge in [-0.15, -0.1) is 0 Å². The Hall–Kier alpha value is -0.370. The molecule has 0 saturated heterocycles. The Morgan fingerprint density at radius 2 is 1.88 bits per heavy atom. The van der Waals surface area contributed by atoms with Crippen molar-refractivity contribution in [3.8, 4) is 0 Å². The van der Waals surface area contributed by atoms with E-state index in [1.807, 2.05) is 6.92 Å². The molecule has 0 aromatic carbocycles. The van der Waals surface area contributed by atoms with E-state index >= 15 is 0 Å². The van der Waals surface area contributed by atoms with Crippen molar-refractivity contribution in [3.63, 3.8) is 0 Å². The molecule has 2 N–H and O–H groups in total. The molecule has 2 nitrogen and oxygen atoms in total. The van der Waals surface area contributed by atoms with Gasteiger partial charge >= 0.3 is 0 Å². The number of nitrogens with two attached hydrogens (primary N) is 1. The molecule has 0 spiro atoms. The Morgan fingerprint density at radius 1 is 1.19 bits per heavy atom. The average molecular weight is 227 g/mol. The van der Waals surface area contributed by atoms with Crippen LogP contribution in [0, 0.1) is 11.8 Å². The number of carbonyl (C=O) groups is 1. The topological polar surface area (TPSA) is 43.1 Å². The molecule has 96 valence electrons. The number of unbranched alkanes of at least 4 members (excludes halogenated alkanes) is 1. The van der Waals surface area contributed by atoms with Crippen molar-refractivity contribution < 1.29 is 4.79 Å². The highest BCUT2D eigenvalue weighted by Crippen LogP contribution is 2.20. The van der Waals surface area contributed by atoms with Crippen LogP contribution in [-0.4, -0.2) is 12.3 Å². The van der Waals surface area contributed by atoms with Crippen LogP contribution in [0.2, 0.25) is 0 Å². The van der Waals surface area contributed by atoms with Crippen LogP contribution in [-0.2, 0) is 4.79 Å². The number of rotatable bonds is 10. The van der Waals surface area contributed by atoms with Crippen molar-refractivity contribution in [1.29, 1.82) is 0 Å². The van der Waals surface area contributed by atoms with E-state index in [9.17, 15) is 4.79 Å². The summed E-state index contributed by atoms with van der Waals surface area (Å²) in [5.74, 6) is 1.25. The fourth-order valence-corrected chi connectivity index (χ4v) is 2.01. The van der Waals surface area contributed by atoms with E-state index in [1.54, 1.807) is 0 Å². The number of hydrogen-bond acceptors (Lipinski definition) is 2. The predicted octanol–water partition coefficient (Wildman–Crippen LogP) is 3.54. The zero-order chi connectivity index (χ0) is 12.4. The molecule has 0 aromatic rings. The van der Waals surface area contributed by atoms with Crippen molar-refractivity contribution in [3.05, 3.63) is 0 Å². The fraction of sp³-hybridized carbons (Fsp3) is 0.929. The third-order valence-corrected chi connectivity index (χ3v) is 3.42. The summed E-state index contributed by atoms with van der Waals surface area (Å²) in [7, 11) is 0. The SMILES string of the molecule is CCCCC(CC)CC(=O)C(C)CCCN. The number of carbonyl (C=O) groups excluding carboxylic acids is 1. The minimum atomic E-state index is 0.208. The zero-order valence-electron chi connectivity index (χ0n) is 11.3. The maximum Gasteiger partial charge on any atom is 0.135 e. The third kappa shape index (κ3) is 7.00. The maximum atomic E-state index is 11.9. The van der Waals surface area contributed by atoms with Crippen LogP contribution in [0.4, 0.5) is 0 Å². The van der Waals surface area contributed by atoms with E-state index in [0.29, 0.717) is 18.2 Å². The van der Waals surface area contributed by atoms with Crippen molar-refractivity contribution in [2.45, 2.75) is 65.7 Å². The minimum absolute atomic E-state index is 0.208. The van der Waals surface area contributed by atoms with E-state index in [0.717, 1.165) is 25.7 Å². The number of hydrogen-bond donors (Lipinski definition) is 1. The van der Waals surface area contributed by atoms with Gasteiger partial charge in [0.15, 0.2) is 0 Å². The molecular weight excluding hydrogens is 198 g/mol. The van der Waals surface area contributed by atoms with Gasteiger partial charge in [0.2, 0.25) is 0 Å². The molecule has 0 amide bonds. The van der Waals surface area contributed by atoms with Crippen molar-refractivity contribution in [2.24, 2.45) is 17.6 Å². The van der Waals surface area contributed by atoms with Gasteiger partial charge < -0.3 is 5.73 Å². The largest absolute Gasteiger partial charge is 0.330 e. The Balaban J connectivity index is 3.88. The van der Waals surface area contributed by atoms with Crippen LogP contribution in [0.5, 0.6) is 0 Å². The first-order valence-corrected chi connectivity index (χ1v) is 6.88. The summed E-state index contributed by atoms with van der Waals surface area (Å²) in [5, 5.41) is 0. The predicted molar refractivity (Wildman–Crippen MR) is 70.4 cm³/mol. The maximum absolute atomic E-state index is 11.9. The van der Waals surface area contributed by atoms with Gasteiger partial charge in [-0.1, -0.05) is 46.5 Å². The highest BCUT2D eigenvalue weighted by atomic mass is 16.1. The molecule has 2 heteroatoms. The van der Waals surface area contributed by atoms with E-state index < -0.39 is 0 Å². The molecule has 0 aliphatic rings. The van der Waals surface area contributed by atoms with Gasteiger partial charge in [-0.2, -0.15) is 0 Å². The molecule has 0 saturated carbocycles. The van der Waals surface area contributed by atoms with E-state index in [4.69, 9.17) is 5.73 Å². The smallest absolute Gasteiger partial charge is 0.135 e. The lowest BCUT2D eigenvalue weighted by Crippen LogP contribution is -2.16. The molecule has 2 atom stereocenters. The molecule has 0 aliphatic heterocycles. The highest BCUT2D eigenvalue weighted by Gasteiger charge is 2.16.